The van der Waals surface area contributed by atoms with Crippen LogP contribution in [-0.4, -0.2) is 20.0 Å². The minimum absolute atomic E-state index is 0.0971. The number of aromatic nitrogens is 3. The number of pyridine rings is 1. The highest BCUT2D eigenvalue weighted by Crippen LogP contribution is 2.31. The lowest BCUT2D eigenvalue weighted by Crippen LogP contribution is -2.02. The number of nitro benzene ring substituents is 1. The number of nitro groups is 1. The maximum atomic E-state index is 11.5. The second-order valence-electron chi connectivity index (χ2n) is 5.59. The lowest BCUT2D eigenvalue weighted by atomic mass is 10.1. The van der Waals surface area contributed by atoms with Gasteiger partial charge in [-0.15, -0.1) is 0 Å². The van der Waals surface area contributed by atoms with Gasteiger partial charge >= 0.3 is 0 Å². The smallest absolute Gasteiger partial charge is 0.293 e. The van der Waals surface area contributed by atoms with E-state index in [0.717, 1.165) is 0 Å². The molecule has 0 unspecified atom stereocenters. The Hall–Kier alpha value is -4.01. The number of hydrogen-bond acceptors (Lipinski definition) is 8. The zero-order valence-corrected chi connectivity index (χ0v) is 13.9. The molecule has 3 aromatic heterocycles. The fourth-order valence-corrected chi connectivity index (χ4v) is 2.51. The molecule has 9 nitrogen and oxygen atoms in total. The van der Waals surface area contributed by atoms with Crippen LogP contribution in [0.2, 0.25) is 0 Å². The Morgan fingerprint density at radius 2 is 2.07 bits per heavy atom. The molecule has 1 N–H and O–H groups in total. The van der Waals surface area contributed by atoms with Crippen molar-refractivity contribution in [2.45, 2.75) is 6.54 Å². The average molecular weight is 363 g/mol. The van der Waals surface area contributed by atoms with Gasteiger partial charge in [-0.1, -0.05) is 5.16 Å². The van der Waals surface area contributed by atoms with Gasteiger partial charge in [-0.3, -0.25) is 15.1 Å². The van der Waals surface area contributed by atoms with Gasteiger partial charge in [-0.25, -0.2) is 0 Å². The average Bonchev–Trinajstić information content (AvgIpc) is 3.39. The highest BCUT2D eigenvalue weighted by atomic mass is 16.6. The third-order valence-corrected chi connectivity index (χ3v) is 3.82. The van der Waals surface area contributed by atoms with E-state index in [1.165, 1.54) is 6.07 Å². The number of hydrogen-bond donors (Lipinski definition) is 1. The van der Waals surface area contributed by atoms with Gasteiger partial charge in [0.1, 0.15) is 11.4 Å². The summed E-state index contributed by atoms with van der Waals surface area (Å²) in [5.41, 5.74) is 1.42. The van der Waals surface area contributed by atoms with Crippen molar-refractivity contribution in [1.29, 1.82) is 0 Å². The molecule has 9 heteroatoms. The van der Waals surface area contributed by atoms with E-state index in [9.17, 15) is 10.1 Å². The van der Waals surface area contributed by atoms with Gasteiger partial charge in [0.2, 0.25) is 5.82 Å². The van der Waals surface area contributed by atoms with Crippen LogP contribution in [0.15, 0.2) is 70.1 Å². The first-order valence-electron chi connectivity index (χ1n) is 8.00. The molecular formula is C18H13N5O4. The van der Waals surface area contributed by atoms with E-state index in [4.69, 9.17) is 8.94 Å². The molecule has 0 saturated carbocycles. The second-order valence-corrected chi connectivity index (χ2v) is 5.59. The molecule has 0 aliphatic carbocycles. The van der Waals surface area contributed by atoms with E-state index >= 15 is 0 Å². The van der Waals surface area contributed by atoms with Gasteiger partial charge < -0.3 is 14.3 Å². The topological polar surface area (TPSA) is 120 Å². The zero-order valence-electron chi connectivity index (χ0n) is 13.9. The third kappa shape index (κ3) is 3.52. The van der Waals surface area contributed by atoms with E-state index in [-0.39, 0.29) is 11.6 Å². The lowest BCUT2D eigenvalue weighted by molar-refractivity contribution is -0.383. The molecule has 0 fully saturated rings. The van der Waals surface area contributed by atoms with Crippen LogP contribution >= 0.6 is 0 Å². The summed E-state index contributed by atoms with van der Waals surface area (Å²) in [6, 6.07) is 11.8. The Balaban J connectivity index is 1.61. The van der Waals surface area contributed by atoms with Crippen LogP contribution in [-0.2, 0) is 6.54 Å². The fraction of sp³-hybridized carbons (Fsp3) is 0.0556. The van der Waals surface area contributed by atoms with Crippen LogP contribution in [0.25, 0.3) is 22.8 Å². The van der Waals surface area contributed by atoms with Crippen molar-refractivity contribution in [3.63, 3.8) is 0 Å². The van der Waals surface area contributed by atoms with Crippen molar-refractivity contribution in [1.82, 2.24) is 15.1 Å². The molecule has 0 saturated heterocycles. The summed E-state index contributed by atoms with van der Waals surface area (Å²) in [6.07, 6.45) is 4.80. The van der Waals surface area contributed by atoms with E-state index in [0.29, 0.717) is 34.9 Å². The van der Waals surface area contributed by atoms with Crippen LogP contribution < -0.4 is 5.32 Å². The van der Waals surface area contributed by atoms with Crippen LogP contribution in [0.3, 0.4) is 0 Å². The van der Waals surface area contributed by atoms with Crippen molar-refractivity contribution in [2.24, 2.45) is 0 Å². The number of furan rings is 1. The molecule has 1 aromatic carbocycles. The van der Waals surface area contributed by atoms with Crippen molar-refractivity contribution in [2.75, 3.05) is 5.32 Å². The van der Waals surface area contributed by atoms with Crippen molar-refractivity contribution < 1.29 is 13.9 Å². The summed E-state index contributed by atoms with van der Waals surface area (Å²) in [7, 11) is 0. The monoisotopic (exact) mass is 363 g/mol. The predicted molar refractivity (Wildman–Crippen MR) is 95.7 cm³/mol. The van der Waals surface area contributed by atoms with Gasteiger partial charge in [0.15, 0.2) is 0 Å². The molecule has 0 spiro atoms. The Bertz CT molecular complexity index is 1060. The Labute approximate surface area is 152 Å². The lowest BCUT2D eigenvalue weighted by Gasteiger charge is -2.06. The molecule has 0 radical (unpaired) electrons. The SMILES string of the molecule is O=[N+]([O-])c1cc(-c2nc(-c3cccnc3)no2)ccc1NCc1ccco1. The summed E-state index contributed by atoms with van der Waals surface area (Å²) >= 11 is 0. The first-order valence-corrected chi connectivity index (χ1v) is 8.00. The Morgan fingerprint density at radius 1 is 1.15 bits per heavy atom. The fourth-order valence-electron chi connectivity index (χ4n) is 2.51. The molecule has 3 heterocycles. The molecule has 134 valence electrons. The van der Waals surface area contributed by atoms with Crippen molar-refractivity contribution in [3.8, 4) is 22.8 Å². The first kappa shape index (κ1) is 16.5. The third-order valence-electron chi connectivity index (χ3n) is 3.82. The minimum Gasteiger partial charge on any atom is -0.467 e. The van der Waals surface area contributed by atoms with Crippen LogP contribution in [0.5, 0.6) is 0 Å². The molecule has 4 rings (SSSR count). The van der Waals surface area contributed by atoms with Gasteiger partial charge in [-0.05, 0) is 36.4 Å². The maximum absolute atomic E-state index is 11.5. The Kier molecular flexibility index (Phi) is 4.32. The molecule has 27 heavy (non-hydrogen) atoms. The van der Waals surface area contributed by atoms with E-state index in [2.05, 4.69) is 20.4 Å². The summed E-state index contributed by atoms with van der Waals surface area (Å²) in [4.78, 5) is 19.3. The van der Waals surface area contributed by atoms with E-state index in [1.807, 2.05) is 0 Å². The van der Waals surface area contributed by atoms with Crippen LogP contribution in [0.4, 0.5) is 11.4 Å². The number of nitrogens with zero attached hydrogens (tertiary/aromatic N) is 4. The minimum atomic E-state index is -0.466. The predicted octanol–water partition coefficient (Wildman–Crippen LogP) is 3.91. The van der Waals surface area contributed by atoms with Gasteiger partial charge in [-0.2, -0.15) is 4.98 Å². The van der Waals surface area contributed by atoms with Crippen LogP contribution in [0, 0.1) is 10.1 Å². The molecule has 4 aromatic rings. The van der Waals surface area contributed by atoms with Crippen molar-refractivity contribution >= 4 is 11.4 Å². The van der Waals surface area contributed by atoms with Gasteiger partial charge in [0.05, 0.1) is 17.7 Å². The molecular weight excluding hydrogens is 350 g/mol. The highest BCUT2D eigenvalue weighted by Gasteiger charge is 2.18. The molecule has 0 amide bonds. The Morgan fingerprint density at radius 3 is 2.81 bits per heavy atom. The zero-order chi connectivity index (χ0) is 18.6. The van der Waals surface area contributed by atoms with Crippen molar-refractivity contribution in [3.05, 3.63) is 77.0 Å². The standard InChI is InChI=1S/C18H13N5O4/c24-23(25)16-9-12(5-6-15(16)20-11-14-4-2-8-26-14)18-21-17(22-27-18)13-3-1-7-19-10-13/h1-10,20H,11H2. The number of rotatable bonds is 6. The largest absolute Gasteiger partial charge is 0.467 e. The number of anilines is 1. The summed E-state index contributed by atoms with van der Waals surface area (Å²) in [6.45, 7) is 0.332. The molecule has 0 aliphatic heterocycles. The van der Waals surface area contributed by atoms with E-state index in [1.54, 1.807) is 55.1 Å². The first-order chi connectivity index (χ1) is 13.2. The number of nitrogens with one attached hydrogen (secondary N) is 1. The summed E-state index contributed by atoms with van der Waals surface area (Å²) in [5.74, 6) is 1.22. The van der Waals surface area contributed by atoms with Crippen LogP contribution in [0.1, 0.15) is 5.76 Å². The molecule has 0 aliphatic rings. The normalized spacial score (nSPS) is 10.7. The van der Waals surface area contributed by atoms with Gasteiger partial charge in [0, 0.05) is 29.6 Å². The maximum Gasteiger partial charge on any atom is 0.293 e. The number of benzene rings is 1. The quantitative estimate of drug-likeness (QED) is 0.404. The van der Waals surface area contributed by atoms with E-state index < -0.39 is 4.92 Å². The molecule has 0 bridgehead atoms. The second kappa shape index (κ2) is 7.08. The highest BCUT2D eigenvalue weighted by molar-refractivity contribution is 5.70. The summed E-state index contributed by atoms with van der Waals surface area (Å²) in [5, 5.41) is 18.4. The summed E-state index contributed by atoms with van der Waals surface area (Å²) < 4.78 is 10.5. The molecule has 0 atom stereocenters. The van der Waals surface area contributed by atoms with Gasteiger partial charge in [0.25, 0.3) is 11.6 Å².